The molecule has 3 N–H and O–H groups in total. The van der Waals surface area contributed by atoms with Crippen molar-refractivity contribution in [2.45, 2.75) is 19.4 Å². The predicted octanol–water partition coefficient (Wildman–Crippen LogP) is 3.24. The molecule has 4 heteroatoms. The molecule has 19 heavy (non-hydrogen) atoms. The van der Waals surface area contributed by atoms with Gasteiger partial charge in [-0.2, -0.15) is 0 Å². The summed E-state index contributed by atoms with van der Waals surface area (Å²) in [6, 6.07) is 10.5. The molecule has 0 aliphatic rings. The van der Waals surface area contributed by atoms with Gasteiger partial charge in [-0.15, -0.1) is 0 Å². The first-order chi connectivity index (χ1) is 9.11. The molecule has 0 aliphatic heterocycles. The number of nitrogens with two attached hydrogens (primary N) is 1. The van der Waals surface area contributed by atoms with Crippen molar-refractivity contribution in [3.05, 3.63) is 57.7 Å². The van der Waals surface area contributed by atoms with E-state index in [1.165, 1.54) is 11.1 Å². The fourth-order valence-electron chi connectivity index (χ4n) is 2.29. The highest BCUT2D eigenvalue weighted by Gasteiger charge is 2.16. The third kappa shape index (κ3) is 3.33. The van der Waals surface area contributed by atoms with Gasteiger partial charge in [-0.3, -0.25) is 0 Å². The average Bonchev–Trinajstić information content (AvgIpc) is 2.37. The molecule has 0 fully saturated rings. The lowest BCUT2D eigenvalue weighted by atomic mass is 9.96. The number of rotatable bonds is 4. The van der Waals surface area contributed by atoms with Gasteiger partial charge in [0.2, 0.25) is 0 Å². The topological polar surface area (TPSA) is 50.9 Å². The number of benzene rings is 1. The lowest BCUT2D eigenvalue weighted by molar-refractivity contribution is 0.589. The molecule has 0 aliphatic carbocycles. The summed E-state index contributed by atoms with van der Waals surface area (Å²) in [6.07, 6.45) is 2.63. The minimum absolute atomic E-state index is 0.169. The quantitative estimate of drug-likeness (QED) is 0.909. The average molecular weight is 320 g/mol. The number of anilines is 1. The van der Waals surface area contributed by atoms with Gasteiger partial charge in [0, 0.05) is 22.3 Å². The van der Waals surface area contributed by atoms with E-state index in [1.54, 1.807) is 6.20 Å². The van der Waals surface area contributed by atoms with Gasteiger partial charge >= 0.3 is 0 Å². The third-order valence-corrected chi connectivity index (χ3v) is 3.76. The number of halogens is 1. The van der Waals surface area contributed by atoms with Gasteiger partial charge in [0.05, 0.1) is 0 Å². The van der Waals surface area contributed by atoms with Crippen LogP contribution in [0.15, 0.2) is 41.0 Å². The highest BCUT2D eigenvalue weighted by atomic mass is 79.9. The summed E-state index contributed by atoms with van der Waals surface area (Å²) in [5, 5.41) is 3.33. The molecule has 1 heterocycles. The maximum absolute atomic E-state index is 6.02. The Morgan fingerprint density at radius 2 is 2.16 bits per heavy atom. The van der Waals surface area contributed by atoms with Crippen LogP contribution in [0, 0.1) is 6.92 Å². The first kappa shape index (κ1) is 14.0. The maximum atomic E-state index is 6.02. The number of likely N-dealkylation sites (N-methyl/N-ethyl adjacent to an activating group) is 1. The molecule has 0 spiro atoms. The molecule has 0 amide bonds. The molecule has 100 valence electrons. The Kier molecular flexibility index (Phi) is 4.56. The molecule has 2 aromatic rings. The number of hydrogen-bond donors (Lipinski definition) is 2. The van der Waals surface area contributed by atoms with Crippen molar-refractivity contribution in [3.8, 4) is 0 Å². The summed E-state index contributed by atoms with van der Waals surface area (Å²) in [5.41, 5.74) is 9.54. The van der Waals surface area contributed by atoms with Crippen LogP contribution in [0.25, 0.3) is 0 Å². The summed E-state index contributed by atoms with van der Waals surface area (Å²) in [5.74, 6) is 0.606. The van der Waals surface area contributed by atoms with Gasteiger partial charge in [0.15, 0.2) is 0 Å². The first-order valence-corrected chi connectivity index (χ1v) is 7.03. The summed E-state index contributed by atoms with van der Waals surface area (Å²) in [6.45, 7) is 2.07. The molecule has 0 saturated carbocycles. The van der Waals surface area contributed by atoms with E-state index in [-0.39, 0.29) is 6.04 Å². The lowest BCUT2D eigenvalue weighted by Gasteiger charge is -2.20. The van der Waals surface area contributed by atoms with Crippen molar-refractivity contribution in [1.29, 1.82) is 0 Å². The van der Waals surface area contributed by atoms with Crippen LogP contribution in [0.3, 0.4) is 0 Å². The van der Waals surface area contributed by atoms with Crippen LogP contribution in [-0.4, -0.2) is 12.0 Å². The van der Waals surface area contributed by atoms with E-state index < -0.39 is 0 Å². The van der Waals surface area contributed by atoms with E-state index in [9.17, 15) is 0 Å². The number of aromatic nitrogens is 1. The molecule has 1 unspecified atom stereocenters. The van der Waals surface area contributed by atoms with Crippen LogP contribution in [0.5, 0.6) is 0 Å². The van der Waals surface area contributed by atoms with E-state index in [0.29, 0.717) is 5.82 Å². The maximum Gasteiger partial charge on any atom is 0.128 e. The van der Waals surface area contributed by atoms with E-state index in [0.717, 1.165) is 16.5 Å². The summed E-state index contributed by atoms with van der Waals surface area (Å²) < 4.78 is 1.09. The minimum Gasteiger partial charge on any atom is -0.383 e. The third-order valence-electron chi connectivity index (χ3n) is 3.26. The number of nitrogens with one attached hydrogen (secondary N) is 1. The number of nitrogens with zero attached hydrogens (tertiary/aromatic N) is 1. The van der Waals surface area contributed by atoms with Crippen LogP contribution >= 0.6 is 15.9 Å². The molecule has 3 nitrogen and oxygen atoms in total. The molecule has 1 aromatic heterocycles. The minimum atomic E-state index is 0.169. The fourth-order valence-corrected chi connectivity index (χ4v) is 2.74. The number of pyridine rings is 1. The normalized spacial score (nSPS) is 12.4. The van der Waals surface area contributed by atoms with Gasteiger partial charge in [-0.25, -0.2) is 4.98 Å². The number of nitrogen functional groups attached to an aromatic ring is 1. The Morgan fingerprint density at radius 3 is 2.79 bits per heavy atom. The SMILES string of the molecule is CNC(Cc1cccc(Br)c1)c1c(C)ccnc1N. The molecule has 1 atom stereocenters. The van der Waals surface area contributed by atoms with Crippen LogP contribution in [0.2, 0.25) is 0 Å². The molecule has 0 bridgehead atoms. The van der Waals surface area contributed by atoms with Crippen molar-refractivity contribution in [2.24, 2.45) is 0 Å². The lowest BCUT2D eigenvalue weighted by Crippen LogP contribution is -2.21. The molecule has 0 radical (unpaired) electrons. The Morgan fingerprint density at radius 1 is 1.37 bits per heavy atom. The molecular weight excluding hydrogens is 302 g/mol. The second-order valence-electron chi connectivity index (χ2n) is 4.60. The van der Waals surface area contributed by atoms with Gasteiger partial charge in [0.25, 0.3) is 0 Å². The van der Waals surface area contributed by atoms with Crippen molar-refractivity contribution in [2.75, 3.05) is 12.8 Å². The zero-order valence-corrected chi connectivity index (χ0v) is 12.7. The van der Waals surface area contributed by atoms with E-state index in [1.807, 2.05) is 25.2 Å². The first-order valence-electron chi connectivity index (χ1n) is 6.24. The Bertz CT molecular complexity index is 549. The van der Waals surface area contributed by atoms with Gasteiger partial charge in [0.1, 0.15) is 5.82 Å². The zero-order valence-electron chi connectivity index (χ0n) is 11.2. The second kappa shape index (κ2) is 6.17. The van der Waals surface area contributed by atoms with Crippen molar-refractivity contribution in [3.63, 3.8) is 0 Å². The number of aryl methyl sites for hydroxylation is 1. The standard InChI is InChI=1S/C15H18BrN3/c1-10-6-7-19-15(17)14(10)13(18-2)9-11-4-3-5-12(16)8-11/h3-8,13,18H,9H2,1-2H3,(H2,17,19). The van der Waals surface area contributed by atoms with E-state index in [4.69, 9.17) is 5.73 Å². The molecule has 0 saturated heterocycles. The van der Waals surface area contributed by atoms with Gasteiger partial charge < -0.3 is 11.1 Å². The van der Waals surface area contributed by atoms with E-state index >= 15 is 0 Å². The highest BCUT2D eigenvalue weighted by Crippen LogP contribution is 2.26. The predicted molar refractivity (Wildman–Crippen MR) is 83.0 cm³/mol. The second-order valence-corrected chi connectivity index (χ2v) is 5.52. The fraction of sp³-hybridized carbons (Fsp3) is 0.267. The van der Waals surface area contributed by atoms with Gasteiger partial charge in [-0.05, 0) is 49.7 Å². The summed E-state index contributed by atoms with van der Waals surface area (Å²) in [4.78, 5) is 4.20. The van der Waals surface area contributed by atoms with Gasteiger partial charge in [-0.1, -0.05) is 28.1 Å². The smallest absolute Gasteiger partial charge is 0.128 e. The summed E-state index contributed by atoms with van der Waals surface area (Å²) in [7, 11) is 1.95. The largest absolute Gasteiger partial charge is 0.383 e. The molecular formula is C15H18BrN3. The highest BCUT2D eigenvalue weighted by molar-refractivity contribution is 9.10. The molecule has 2 rings (SSSR count). The monoisotopic (exact) mass is 319 g/mol. The van der Waals surface area contributed by atoms with Crippen molar-refractivity contribution >= 4 is 21.7 Å². The summed E-state index contributed by atoms with van der Waals surface area (Å²) >= 11 is 3.50. The number of hydrogen-bond acceptors (Lipinski definition) is 3. The van der Waals surface area contributed by atoms with Crippen LogP contribution in [0.4, 0.5) is 5.82 Å². The zero-order chi connectivity index (χ0) is 13.8. The van der Waals surface area contributed by atoms with Crippen LogP contribution < -0.4 is 11.1 Å². The molecule has 1 aromatic carbocycles. The van der Waals surface area contributed by atoms with Crippen molar-refractivity contribution < 1.29 is 0 Å². The van der Waals surface area contributed by atoms with Crippen molar-refractivity contribution in [1.82, 2.24) is 10.3 Å². The Labute approximate surface area is 122 Å². The van der Waals surface area contributed by atoms with E-state index in [2.05, 4.69) is 45.3 Å². The van der Waals surface area contributed by atoms with Crippen LogP contribution in [-0.2, 0) is 6.42 Å². The Balaban J connectivity index is 2.30. The Hall–Kier alpha value is -1.39. The van der Waals surface area contributed by atoms with Crippen LogP contribution in [0.1, 0.15) is 22.7 Å².